The Bertz CT molecular complexity index is 713. The van der Waals surface area contributed by atoms with Crippen molar-refractivity contribution < 1.29 is 19.1 Å². The summed E-state index contributed by atoms with van der Waals surface area (Å²) < 4.78 is 10.4. The van der Waals surface area contributed by atoms with Gasteiger partial charge in [0.2, 0.25) is 5.76 Å². The summed E-state index contributed by atoms with van der Waals surface area (Å²) >= 11 is 0. The Morgan fingerprint density at radius 1 is 1.32 bits per heavy atom. The number of aryl methyl sites for hydroxylation is 1. The maximum Gasteiger partial charge on any atom is 0.340 e. The summed E-state index contributed by atoms with van der Waals surface area (Å²) in [7, 11) is 2.96. The van der Waals surface area contributed by atoms with Gasteiger partial charge in [0.1, 0.15) is 12.2 Å². The molecule has 1 aliphatic carbocycles. The van der Waals surface area contributed by atoms with Crippen LogP contribution in [0.1, 0.15) is 22.3 Å². The van der Waals surface area contributed by atoms with E-state index in [4.69, 9.17) is 15.0 Å². The summed E-state index contributed by atoms with van der Waals surface area (Å²) in [4.78, 5) is 15.5. The first-order valence-corrected chi connectivity index (χ1v) is 6.71. The summed E-state index contributed by atoms with van der Waals surface area (Å²) in [6.07, 6.45) is 1.81. The van der Waals surface area contributed by atoms with E-state index in [0.717, 1.165) is 5.56 Å². The lowest BCUT2D eigenvalue weighted by Crippen LogP contribution is -2.27. The molecule has 114 valence electrons. The Morgan fingerprint density at radius 2 is 2.09 bits per heavy atom. The Hall–Kier alpha value is -2.85. The van der Waals surface area contributed by atoms with Gasteiger partial charge in [-0.1, -0.05) is 17.7 Å². The van der Waals surface area contributed by atoms with Crippen molar-refractivity contribution >= 4 is 11.6 Å². The van der Waals surface area contributed by atoms with Crippen LogP contribution in [-0.2, 0) is 9.47 Å². The third-order valence-corrected chi connectivity index (χ3v) is 3.30. The number of hydrogen-bond donors (Lipinski definition) is 1. The second-order valence-electron chi connectivity index (χ2n) is 4.80. The smallest absolute Gasteiger partial charge is 0.340 e. The van der Waals surface area contributed by atoms with E-state index in [1.807, 2.05) is 19.1 Å². The standard InChI is InChI=1S/C16H17N3O3/c1-10-5-4-6-11(7-10)16(20)18-12-8-15(22-3)13(19-17)9-14(12)21-2/h4-8H,9H2,1-3H3,(H,18,20). The molecule has 6 nitrogen and oxygen atoms in total. The fourth-order valence-corrected chi connectivity index (χ4v) is 2.16. The molecule has 0 bridgehead atoms. The van der Waals surface area contributed by atoms with Gasteiger partial charge < -0.3 is 20.3 Å². The zero-order chi connectivity index (χ0) is 16.1. The highest BCUT2D eigenvalue weighted by Gasteiger charge is 2.28. The number of carbonyl (C=O) groups is 1. The number of carbonyl (C=O) groups excluding carboxylic acids is 1. The highest BCUT2D eigenvalue weighted by molar-refractivity contribution is 5.99. The number of rotatable bonds is 4. The Balaban J connectivity index is 2.30. The molecule has 0 atom stereocenters. The van der Waals surface area contributed by atoms with Crippen LogP contribution in [0.15, 0.2) is 47.6 Å². The van der Waals surface area contributed by atoms with Crippen molar-refractivity contribution in [3.8, 4) is 0 Å². The molecule has 0 fully saturated rings. The predicted octanol–water partition coefficient (Wildman–Crippen LogP) is 2.19. The molecule has 0 radical (unpaired) electrons. The molecule has 0 spiro atoms. The van der Waals surface area contributed by atoms with Gasteiger partial charge in [-0.25, -0.2) is 0 Å². The molecule has 0 aliphatic heterocycles. The van der Waals surface area contributed by atoms with E-state index in [0.29, 0.717) is 28.5 Å². The summed E-state index contributed by atoms with van der Waals surface area (Å²) in [6.45, 7) is 1.92. The largest absolute Gasteiger partial charge is 0.498 e. The van der Waals surface area contributed by atoms with Crippen LogP contribution in [0.5, 0.6) is 0 Å². The van der Waals surface area contributed by atoms with Crippen LogP contribution in [0.4, 0.5) is 0 Å². The van der Waals surface area contributed by atoms with Crippen molar-refractivity contribution in [2.24, 2.45) is 0 Å². The van der Waals surface area contributed by atoms with E-state index in [1.165, 1.54) is 14.2 Å². The van der Waals surface area contributed by atoms with E-state index in [-0.39, 0.29) is 12.3 Å². The summed E-state index contributed by atoms with van der Waals surface area (Å²) in [5.41, 5.74) is 11.4. The monoisotopic (exact) mass is 299 g/mol. The van der Waals surface area contributed by atoms with Gasteiger partial charge in [0.25, 0.3) is 5.91 Å². The number of ether oxygens (including phenoxy) is 2. The van der Waals surface area contributed by atoms with E-state index < -0.39 is 0 Å². The lowest BCUT2D eigenvalue weighted by atomic mass is 10.1. The van der Waals surface area contributed by atoms with Gasteiger partial charge in [0, 0.05) is 11.6 Å². The van der Waals surface area contributed by atoms with Gasteiger partial charge >= 0.3 is 5.71 Å². The quantitative estimate of drug-likeness (QED) is 0.683. The molecule has 1 N–H and O–H groups in total. The van der Waals surface area contributed by atoms with Crippen molar-refractivity contribution in [3.63, 3.8) is 0 Å². The molecule has 6 heteroatoms. The number of nitrogens with zero attached hydrogens (tertiary/aromatic N) is 2. The van der Waals surface area contributed by atoms with Gasteiger partial charge in [-0.05, 0) is 19.1 Å². The molecule has 1 aromatic rings. The fraction of sp³-hybridized carbons (Fsp3) is 0.250. The van der Waals surface area contributed by atoms with Crippen LogP contribution in [0.2, 0.25) is 0 Å². The molecule has 0 heterocycles. The van der Waals surface area contributed by atoms with Gasteiger partial charge in [0.05, 0.1) is 19.9 Å². The SMILES string of the molecule is COC1=CC(NC(=O)c2cccc(C)c2)=C(OC)CC1=[N+]=[N-]. The van der Waals surface area contributed by atoms with Crippen LogP contribution >= 0.6 is 0 Å². The van der Waals surface area contributed by atoms with Crippen LogP contribution in [0.25, 0.3) is 5.53 Å². The second kappa shape index (κ2) is 6.74. The first-order valence-electron chi connectivity index (χ1n) is 6.71. The molecule has 1 aliphatic rings. The van der Waals surface area contributed by atoms with Crippen LogP contribution in [0.3, 0.4) is 0 Å². The third-order valence-electron chi connectivity index (χ3n) is 3.30. The maximum atomic E-state index is 12.3. The molecule has 0 aromatic heterocycles. The molecular formula is C16H17N3O3. The molecular weight excluding hydrogens is 282 g/mol. The number of amides is 1. The van der Waals surface area contributed by atoms with Crippen molar-refractivity contribution in [2.45, 2.75) is 13.3 Å². The Kier molecular flexibility index (Phi) is 4.76. The molecule has 0 unspecified atom stereocenters. The average molecular weight is 299 g/mol. The Labute approximate surface area is 128 Å². The number of methoxy groups -OCH3 is 2. The highest BCUT2D eigenvalue weighted by atomic mass is 16.5. The van der Waals surface area contributed by atoms with Gasteiger partial charge in [-0.3, -0.25) is 4.79 Å². The normalized spacial score (nSPS) is 14.1. The second-order valence-corrected chi connectivity index (χ2v) is 4.80. The average Bonchev–Trinajstić information content (AvgIpc) is 2.54. The molecule has 1 amide bonds. The zero-order valence-electron chi connectivity index (χ0n) is 12.7. The summed E-state index contributed by atoms with van der Waals surface area (Å²) in [5.74, 6) is 0.627. The minimum atomic E-state index is -0.246. The molecule has 0 saturated carbocycles. The molecule has 0 saturated heterocycles. The van der Waals surface area contributed by atoms with E-state index in [2.05, 4.69) is 10.1 Å². The number of hydrogen-bond acceptors (Lipinski definition) is 3. The molecule has 1 aromatic carbocycles. The minimum Gasteiger partial charge on any atom is -0.498 e. The van der Waals surface area contributed by atoms with Gasteiger partial charge in [-0.15, -0.1) is 0 Å². The van der Waals surface area contributed by atoms with Crippen LogP contribution in [0, 0.1) is 6.92 Å². The summed E-state index contributed by atoms with van der Waals surface area (Å²) in [5, 5.41) is 2.80. The Morgan fingerprint density at radius 3 is 2.68 bits per heavy atom. The molecule has 22 heavy (non-hydrogen) atoms. The minimum absolute atomic E-state index is 0.232. The van der Waals surface area contributed by atoms with Crippen LogP contribution in [-0.4, -0.2) is 30.6 Å². The van der Waals surface area contributed by atoms with E-state index in [1.54, 1.807) is 18.2 Å². The number of nitrogens with one attached hydrogen (secondary N) is 1. The van der Waals surface area contributed by atoms with Crippen molar-refractivity contribution in [1.29, 1.82) is 0 Å². The lowest BCUT2D eigenvalue weighted by molar-refractivity contribution is -0.0123. The van der Waals surface area contributed by atoms with Gasteiger partial charge in [-0.2, -0.15) is 4.79 Å². The number of benzene rings is 1. The predicted molar refractivity (Wildman–Crippen MR) is 81.0 cm³/mol. The zero-order valence-corrected chi connectivity index (χ0v) is 12.7. The van der Waals surface area contributed by atoms with Crippen molar-refractivity contribution in [1.82, 2.24) is 5.32 Å². The topological polar surface area (TPSA) is 84.0 Å². The van der Waals surface area contributed by atoms with Crippen molar-refractivity contribution in [3.05, 3.63) is 64.2 Å². The number of allylic oxidation sites excluding steroid dienone is 3. The highest BCUT2D eigenvalue weighted by Crippen LogP contribution is 2.21. The first kappa shape index (κ1) is 15.5. The lowest BCUT2D eigenvalue weighted by Gasteiger charge is -2.16. The fourth-order valence-electron chi connectivity index (χ4n) is 2.16. The summed E-state index contributed by atoms with van der Waals surface area (Å²) in [6, 6.07) is 7.28. The maximum absolute atomic E-state index is 12.3. The van der Waals surface area contributed by atoms with E-state index >= 15 is 0 Å². The van der Waals surface area contributed by atoms with Crippen molar-refractivity contribution in [2.75, 3.05) is 14.2 Å². The first-order chi connectivity index (χ1) is 10.6. The van der Waals surface area contributed by atoms with E-state index in [9.17, 15) is 4.79 Å². The van der Waals surface area contributed by atoms with Crippen LogP contribution < -0.4 is 5.32 Å². The van der Waals surface area contributed by atoms with Gasteiger partial charge in [0.15, 0.2) is 0 Å². The molecule has 2 rings (SSSR count). The third kappa shape index (κ3) is 3.24.